The first-order chi connectivity index (χ1) is 15.6. The van der Waals surface area contributed by atoms with Crippen LogP contribution in [0.2, 0.25) is 0 Å². The monoisotopic (exact) mass is 490 g/mol. The first-order valence-corrected chi connectivity index (χ1v) is 10.7. The molecule has 0 spiro atoms. The summed E-state index contributed by atoms with van der Waals surface area (Å²) in [6, 6.07) is 0.103. The highest BCUT2D eigenvalue weighted by Crippen LogP contribution is 2.18. The molecule has 0 radical (unpaired) electrons. The third-order valence-corrected chi connectivity index (χ3v) is 5.23. The van der Waals surface area contributed by atoms with Crippen LogP contribution in [0.5, 0.6) is 11.8 Å². The van der Waals surface area contributed by atoms with Gasteiger partial charge in [0, 0.05) is 13.3 Å². The number of amides is 2. The summed E-state index contributed by atoms with van der Waals surface area (Å²) in [7, 11) is -0.751. The molecule has 0 saturated heterocycles. The molecule has 2 amide bonds. The molecule has 1 aliphatic heterocycles. The Morgan fingerprint density at radius 1 is 1.21 bits per heavy atom. The van der Waals surface area contributed by atoms with Crippen LogP contribution >= 0.6 is 0 Å². The highest BCUT2D eigenvalue weighted by Gasteiger charge is 2.37. The van der Waals surface area contributed by atoms with Crippen molar-refractivity contribution in [2.24, 2.45) is 4.99 Å². The van der Waals surface area contributed by atoms with E-state index in [0.29, 0.717) is 4.31 Å². The van der Waals surface area contributed by atoms with E-state index in [1.165, 1.54) is 39.7 Å². The van der Waals surface area contributed by atoms with E-state index in [1.54, 1.807) is 4.72 Å². The predicted octanol–water partition coefficient (Wildman–Crippen LogP) is 0.00410. The molecule has 0 aliphatic carbocycles. The van der Waals surface area contributed by atoms with Crippen LogP contribution in [-0.4, -0.2) is 87.3 Å². The van der Waals surface area contributed by atoms with E-state index in [9.17, 15) is 22.4 Å². The summed E-state index contributed by atoms with van der Waals surface area (Å²) >= 11 is 0. The Hall–Kier alpha value is -3.53. The molecule has 2 rings (SSSR count). The molecule has 2 N–H and O–H groups in total. The van der Waals surface area contributed by atoms with Gasteiger partial charge in [0.05, 0.1) is 26.8 Å². The van der Waals surface area contributed by atoms with E-state index in [2.05, 4.69) is 25.0 Å². The van der Waals surface area contributed by atoms with Gasteiger partial charge in [-0.1, -0.05) is 0 Å². The maximum Gasteiger partial charge on any atom is 0.336 e. The van der Waals surface area contributed by atoms with Crippen molar-refractivity contribution in [3.63, 3.8) is 0 Å². The van der Waals surface area contributed by atoms with Gasteiger partial charge in [-0.2, -0.15) is 18.4 Å². The summed E-state index contributed by atoms with van der Waals surface area (Å²) in [6.07, 6.45) is -0.950. The average molecular weight is 490 g/mol. The summed E-state index contributed by atoms with van der Waals surface area (Å²) in [5.74, 6) is -1.59. The summed E-state index contributed by atoms with van der Waals surface area (Å²) < 4.78 is 61.7. The fourth-order valence-electron chi connectivity index (χ4n) is 2.48. The van der Waals surface area contributed by atoms with Crippen LogP contribution in [0, 0.1) is 0 Å². The van der Waals surface area contributed by atoms with Crippen LogP contribution in [0.4, 0.5) is 15.1 Å². The topological polar surface area (TPSA) is 171 Å². The van der Waals surface area contributed by atoms with E-state index in [0.717, 1.165) is 6.92 Å². The number of alkyl halides is 1. The number of hydrogen-bond acceptors (Lipinski definition) is 11. The molecule has 0 bridgehead atoms. The first-order valence-electron chi connectivity index (χ1n) is 9.25. The zero-order chi connectivity index (χ0) is 24.6. The number of amidine groups is 1. The Balaban J connectivity index is 2.21. The van der Waals surface area contributed by atoms with Crippen LogP contribution < -0.4 is 19.5 Å². The number of aromatic nitrogens is 2. The fourth-order valence-corrected chi connectivity index (χ4v) is 3.56. The quantitative estimate of drug-likeness (QED) is 0.426. The zero-order valence-corrected chi connectivity index (χ0v) is 19.0. The van der Waals surface area contributed by atoms with E-state index >= 15 is 0 Å². The van der Waals surface area contributed by atoms with Crippen molar-refractivity contribution in [3.8, 4) is 11.8 Å². The van der Waals surface area contributed by atoms with Gasteiger partial charge < -0.3 is 18.9 Å². The van der Waals surface area contributed by atoms with E-state index < -0.39 is 46.9 Å². The minimum absolute atomic E-state index is 0.0493. The minimum Gasteiger partial charge on any atom is -0.481 e. The van der Waals surface area contributed by atoms with Gasteiger partial charge in [0.1, 0.15) is 12.8 Å². The van der Waals surface area contributed by atoms with Gasteiger partial charge in [-0.15, -0.1) is 0 Å². The molecule has 1 aliphatic rings. The Morgan fingerprint density at radius 3 is 2.39 bits per heavy atom. The standard InChI is InChI=1S/C17H23FN6O8S/c1-10(18)14(32-13(25)9-29-2)15-19-6-5-7-24(15)33(27,28)23-17(26)22-16-20-11(30-3)8-12(21-16)31-4/h5-6,8,10,14H,7,9H2,1-4H3,(H2,20,21,22,23,26). The number of ether oxygens (including phenoxy) is 4. The lowest BCUT2D eigenvalue weighted by Crippen LogP contribution is -2.54. The van der Waals surface area contributed by atoms with Crippen molar-refractivity contribution in [1.29, 1.82) is 0 Å². The Labute approximate surface area is 189 Å². The molecule has 0 fully saturated rings. The van der Waals surface area contributed by atoms with Gasteiger partial charge in [0.15, 0.2) is 11.9 Å². The largest absolute Gasteiger partial charge is 0.481 e. The second-order valence-electron chi connectivity index (χ2n) is 6.26. The third kappa shape index (κ3) is 6.98. The molecule has 1 aromatic heterocycles. The molecule has 2 heterocycles. The number of hydrogen-bond donors (Lipinski definition) is 2. The van der Waals surface area contributed by atoms with Crippen molar-refractivity contribution in [1.82, 2.24) is 19.0 Å². The molecule has 182 valence electrons. The van der Waals surface area contributed by atoms with Gasteiger partial charge in [-0.05, 0) is 13.0 Å². The van der Waals surface area contributed by atoms with Gasteiger partial charge >= 0.3 is 22.2 Å². The maximum absolute atomic E-state index is 14.2. The number of halogens is 1. The lowest BCUT2D eigenvalue weighted by molar-refractivity contribution is -0.152. The maximum atomic E-state index is 14.2. The number of anilines is 1. The van der Waals surface area contributed by atoms with Crippen LogP contribution in [0.1, 0.15) is 6.92 Å². The minimum atomic E-state index is -4.63. The summed E-state index contributed by atoms with van der Waals surface area (Å²) in [6.45, 7) is 0.268. The van der Waals surface area contributed by atoms with Crippen LogP contribution in [0.25, 0.3) is 0 Å². The Bertz CT molecular complexity index is 1010. The normalized spacial score (nSPS) is 15.2. The fraction of sp³-hybridized carbons (Fsp3) is 0.471. The smallest absolute Gasteiger partial charge is 0.336 e. The number of nitrogens with zero attached hydrogens (tertiary/aromatic N) is 4. The molecule has 1 aromatic rings. The number of carbonyl (C=O) groups excluding carboxylic acids is 2. The van der Waals surface area contributed by atoms with Gasteiger partial charge in [-0.3, -0.25) is 5.32 Å². The number of urea groups is 1. The zero-order valence-electron chi connectivity index (χ0n) is 18.1. The average Bonchev–Trinajstić information content (AvgIpc) is 2.76. The second kappa shape index (κ2) is 11.4. The van der Waals surface area contributed by atoms with Crippen molar-refractivity contribution in [2.45, 2.75) is 19.2 Å². The predicted molar refractivity (Wildman–Crippen MR) is 112 cm³/mol. The van der Waals surface area contributed by atoms with E-state index in [-0.39, 0.29) is 24.3 Å². The lowest BCUT2D eigenvalue weighted by Gasteiger charge is -2.31. The number of carbonyl (C=O) groups is 2. The molecule has 0 saturated carbocycles. The van der Waals surface area contributed by atoms with Crippen molar-refractivity contribution < 1.29 is 41.3 Å². The Morgan fingerprint density at radius 2 is 1.85 bits per heavy atom. The summed E-state index contributed by atoms with van der Waals surface area (Å²) in [4.78, 5) is 35.6. The number of rotatable bonds is 10. The number of esters is 1. The first kappa shape index (κ1) is 25.7. The van der Waals surface area contributed by atoms with Crippen molar-refractivity contribution in [3.05, 3.63) is 18.3 Å². The highest BCUT2D eigenvalue weighted by molar-refractivity contribution is 7.88. The SMILES string of the molecule is COCC(=O)OC(C1=NC=CCN1S(=O)(=O)NC(=O)Nc1nc(OC)cc(OC)n1)C(C)F. The van der Waals surface area contributed by atoms with Crippen LogP contribution in [0.3, 0.4) is 0 Å². The molecule has 14 nitrogen and oxygen atoms in total. The van der Waals surface area contributed by atoms with Crippen molar-refractivity contribution in [2.75, 3.05) is 39.8 Å². The van der Waals surface area contributed by atoms with Crippen molar-refractivity contribution >= 4 is 34.0 Å². The molecule has 16 heteroatoms. The lowest BCUT2D eigenvalue weighted by atomic mass is 10.2. The second-order valence-corrected chi connectivity index (χ2v) is 7.86. The number of nitrogens with one attached hydrogen (secondary N) is 2. The Kier molecular flexibility index (Phi) is 8.86. The van der Waals surface area contributed by atoms with Crippen LogP contribution in [-0.2, 0) is 24.5 Å². The van der Waals surface area contributed by atoms with Gasteiger partial charge in [-0.25, -0.2) is 28.0 Å². The summed E-state index contributed by atoms with van der Waals surface area (Å²) in [5, 5.41) is 2.13. The highest BCUT2D eigenvalue weighted by atomic mass is 32.2. The van der Waals surface area contributed by atoms with Crippen LogP contribution in [0.15, 0.2) is 23.3 Å². The molecule has 2 unspecified atom stereocenters. The summed E-state index contributed by atoms with van der Waals surface area (Å²) in [5.41, 5.74) is 0. The van der Waals surface area contributed by atoms with Gasteiger partial charge in [0.2, 0.25) is 17.7 Å². The number of methoxy groups -OCH3 is 3. The van der Waals surface area contributed by atoms with Gasteiger partial charge in [0.25, 0.3) is 0 Å². The molecule has 33 heavy (non-hydrogen) atoms. The van der Waals surface area contributed by atoms with E-state index in [1.807, 2.05) is 0 Å². The third-order valence-electron chi connectivity index (χ3n) is 3.87. The molecular formula is C17H23FN6O8S. The molecule has 2 atom stereocenters. The molecular weight excluding hydrogens is 467 g/mol. The number of aliphatic imine (C=N–C) groups is 1. The van der Waals surface area contributed by atoms with E-state index in [4.69, 9.17) is 14.2 Å². The molecule has 0 aromatic carbocycles.